The van der Waals surface area contributed by atoms with Gasteiger partial charge < -0.3 is 19.5 Å². The number of anilines is 1. The van der Waals surface area contributed by atoms with Crippen molar-refractivity contribution >= 4 is 45.2 Å². The van der Waals surface area contributed by atoms with E-state index in [0.29, 0.717) is 20.4 Å². The lowest BCUT2D eigenvalue weighted by Gasteiger charge is -2.05. The lowest BCUT2D eigenvalue weighted by molar-refractivity contribution is 0.0527. The molecule has 2 heterocycles. The van der Waals surface area contributed by atoms with Crippen LogP contribution in [0.1, 0.15) is 44.4 Å². The zero-order valence-corrected chi connectivity index (χ0v) is 20.8. The number of carbonyl (C=O) groups is 2. The van der Waals surface area contributed by atoms with E-state index in [-0.39, 0.29) is 24.4 Å². The average Bonchev–Trinajstić information content (AvgIpc) is 3.45. The number of hydrogen-bond acceptors (Lipinski definition) is 10. The van der Waals surface area contributed by atoms with Crippen LogP contribution in [0.15, 0.2) is 35.8 Å². The van der Waals surface area contributed by atoms with Gasteiger partial charge in [0.15, 0.2) is 0 Å². The number of nitrogens with one attached hydrogen (secondary N) is 1. The minimum atomic E-state index is -0.558. The van der Waals surface area contributed by atoms with Gasteiger partial charge in [0, 0.05) is 17.1 Å². The van der Waals surface area contributed by atoms with Gasteiger partial charge in [-0.25, -0.2) is 14.6 Å². The van der Waals surface area contributed by atoms with Gasteiger partial charge in [-0.3, -0.25) is 0 Å². The topological polar surface area (TPSA) is 111 Å². The molecule has 1 aromatic carbocycles. The molecule has 176 valence electrons. The van der Waals surface area contributed by atoms with Crippen molar-refractivity contribution in [3.8, 4) is 23.1 Å². The molecule has 3 rings (SSSR count). The van der Waals surface area contributed by atoms with Crippen molar-refractivity contribution in [2.75, 3.05) is 25.6 Å². The number of nitrogens with zero attached hydrogens (tertiary/aromatic N) is 2. The van der Waals surface area contributed by atoms with Gasteiger partial charge in [0.25, 0.3) is 0 Å². The van der Waals surface area contributed by atoms with Gasteiger partial charge in [-0.15, -0.1) is 22.7 Å². The Hall–Kier alpha value is -3.68. The molecule has 0 unspecified atom stereocenters. The van der Waals surface area contributed by atoms with Gasteiger partial charge >= 0.3 is 11.9 Å². The van der Waals surface area contributed by atoms with Crippen LogP contribution >= 0.6 is 22.7 Å². The first-order chi connectivity index (χ1) is 16.4. The number of methoxy groups -OCH3 is 1. The highest BCUT2D eigenvalue weighted by atomic mass is 32.1. The van der Waals surface area contributed by atoms with Crippen molar-refractivity contribution in [3.05, 3.63) is 56.9 Å². The van der Waals surface area contributed by atoms with Crippen LogP contribution in [0.2, 0.25) is 0 Å². The highest BCUT2D eigenvalue weighted by Gasteiger charge is 2.26. The Morgan fingerprint density at radius 1 is 1.15 bits per heavy atom. The number of benzene rings is 1. The van der Waals surface area contributed by atoms with Gasteiger partial charge in [-0.1, -0.05) is 0 Å². The number of allylic oxidation sites excluding steroid dienone is 1. The van der Waals surface area contributed by atoms with Crippen molar-refractivity contribution in [3.63, 3.8) is 0 Å². The second kappa shape index (κ2) is 11.4. The zero-order valence-electron chi connectivity index (χ0n) is 19.1. The van der Waals surface area contributed by atoms with Gasteiger partial charge in [0.1, 0.15) is 32.3 Å². The SMILES string of the molecule is CCOC(=O)c1sc(N/C=C(/C#N)c2nc(-c3ccc(OC)cc3)cs2)c(C(=O)OCC)c1C. The van der Waals surface area contributed by atoms with Gasteiger partial charge in [0.05, 0.1) is 31.6 Å². The van der Waals surface area contributed by atoms with Crippen molar-refractivity contribution in [2.24, 2.45) is 0 Å². The summed E-state index contributed by atoms with van der Waals surface area (Å²) in [6.07, 6.45) is 1.47. The number of ether oxygens (including phenoxy) is 3. The van der Waals surface area contributed by atoms with E-state index >= 15 is 0 Å². The Labute approximate surface area is 205 Å². The number of esters is 2. The van der Waals surface area contributed by atoms with Crippen LogP contribution in [0, 0.1) is 18.3 Å². The van der Waals surface area contributed by atoms with E-state index in [1.165, 1.54) is 17.5 Å². The summed E-state index contributed by atoms with van der Waals surface area (Å²) in [4.78, 5) is 29.8. The monoisotopic (exact) mass is 497 g/mol. The van der Waals surface area contributed by atoms with Crippen molar-refractivity contribution in [1.29, 1.82) is 5.26 Å². The molecule has 2 aromatic heterocycles. The molecule has 0 saturated carbocycles. The molecule has 0 radical (unpaired) electrons. The van der Waals surface area contributed by atoms with Crippen molar-refractivity contribution in [1.82, 2.24) is 4.98 Å². The molecule has 0 amide bonds. The molecule has 0 aliphatic heterocycles. The lowest BCUT2D eigenvalue weighted by atomic mass is 10.1. The summed E-state index contributed by atoms with van der Waals surface area (Å²) in [6, 6.07) is 9.60. The van der Waals surface area contributed by atoms with E-state index in [0.717, 1.165) is 28.3 Å². The summed E-state index contributed by atoms with van der Waals surface area (Å²) in [5.41, 5.74) is 2.61. The average molecular weight is 498 g/mol. The fourth-order valence-corrected chi connectivity index (χ4v) is 4.88. The third-order valence-electron chi connectivity index (χ3n) is 4.68. The summed E-state index contributed by atoms with van der Waals surface area (Å²) < 4.78 is 15.4. The van der Waals surface area contributed by atoms with Crippen LogP contribution < -0.4 is 10.1 Å². The lowest BCUT2D eigenvalue weighted by Crippen LogP contribution is -2.09. The van der Waals surface area contributed by atoms with E-state index in [1.54, 1.807) is 27.9 Å². The van der Waals surface area contributed by atoms with Crippen LogP contribution in [0.3, 0.4) is 0 Å². The van der Waals surface area contributed by atoms with Crippen LogP contribution in [-0.2, 0) is 9.47 Å². The van der Waals surface area contributed by atoms with Gasteiger partial charge in [0.2, 0.25) is 0 Å². The molecular formula is C24H23N3O5S2. The third-order valence-corrected chi connectivity index (χ3v) is 6.75. The van der Waals surface area contributed by atoms with Crippen LogP contribution in [0.4, 0.5) is 5.00 Å². The molecule has 3 aromatic rings. The first-order valence-electron chi connectivity index (χ1n) is 10.4. The maximum atomic E-state index is 12.6. The molecule has 10 heteroatoms. The number of rotatable bonds is 9. The first-order valence-corrected chi connectivity index (χ1v) is 12.1. The molecule has 1 N–H and O–H groups in total. The summed E-state index contributed by atoms with van der Waals surface area (Å²) in [6.45, 7) is 5.48. The molecule has 0 saturated heterocycles. The van der Waals surface area contributed by atoms with Crippen molar-refractivity contribution < 1.29 is 23.8 Å². The molecule has 0 aliphatic carbocycles. The van der Waals surface area contributed by atoms with Crippen LogP contribution in [-0.4, -0.2) is 37.2 Å². The second-order valence-corrected chi connectivity index (χ2v) is 8.66. The first kappa shape index (κ1) is 25.0. The zero-order chi connectivity index (χ0) is 24.7. The summed E-state index contributed by atoms with van der Waals surface area (Å²) in [5.74, 6) is -0.332. The maximum absolute atomic E-state index is 12.6. The maximum Gasteiger partial charge on any atom is 0.348 e. The van der Waals surface area contributed by atoms with Crippen molar-refractivity contribution in [2.45, 2.75) is 20.8 Å². The fraction of sp³-hybridized carbons (Fsp3) is 0.250. The number of nitriles is 1. The quantitative estimate of drug-likeness (QED) is 0.304. The van der Waals surface area contributed by atoms with Crippen LogP contribution in [0.25, 0.3) is 16.8 Å². The van der Waals surface area contributed by atoms with Gasteiger partial charge in [-0.2, -0.15) is 5.26 Å². The Kier molecular flexibility index (Phi) is 8.40. The Balaban J connectivity index is 1.91. The molecule has 0 fully saturated rings. The van der Waals surface area contributed by atoms with E-state index in [2.05, 4.69) is 16.4 Å². The number of hydrogen-bond donors (Lipinski definition) is 1. The Morgan fingerprint density at radius 3 is 2.44 bits per heavy atom. The van der Waals surface area contributed by atoms with Crippen LogP contribution in [0.5, 0.6) is 5.75 Å². The predicted octanol–water partition coefficient (Wildman–Crippen LogP) is 5.52. The van der Waals surface area contributed by atoms with E-state index < -0.39 is 11.9 Å². The highest BCUT2D eigenvalue weighted by molar-refractivity contribution is 7.18. The predicted molar refractivity (Wildman–Crippen MR) is 132 cm³/mol. The third kappa shape index (κ3) is 5.44. The molecule has 0 spiro atoms. The van der Waals surface area contributed by atoms with Gasteiger partial charge in [-0.05, 0) is 50.6 Å². The molecule has 8 nitrogen and oxygen atoms in total. The summed E-state index contributed by atoms with van der Waals surface area (Å²) >= 11 is 2.40. The minimum Gasteiger partial charge on any atom is -0.497 e. The van der Waals surface area contributed by atoms with E-state index in [4.69, 9.17) is 14.2 Å². The molecule has 34 heavy (non-hydrogen) atoms. The molecule has 0 bridgehead atoms. The standard InChI is InChI=1S/C24H23N3O5S2/c1-5-31-23(28)19-14(3)20(24(29)32-6-2)34-22(19)26-12-16(11-25)21-27-18(13-33-21)15-7-9-17(30-4)10-8-15/h7-10,12-13,26H,5-6H2,1-4H3/b16-12-. The fourth-order valence-electron chi connectivity index (χ4n) is 3.03. The minimum absolute atomic E-state index is 0.189. The molecular weight excluding hydrogens is 474 g/mol. The van der Waals surface area contributed by atoms with E-state index in [9.17, 15) is 14.9 Å². The largest absolute Gasteiger partial charge is 0.497 e. The number of carbonyl (C=O) groups excluding carboxylic acids is 2. The molecule has 0 aliphatic rings. The van der Waals surface area contributed by atoms with E-state index in [1.807, 2.05) is 29.6 Å². The smallest absolute Gasteiger partial charge is 0.348 e. The Bertz CT molecular complexity index is 1250. The second-order valence-electron chi connectivity index (χ2n) is 6.78. The highest BCUT2D eigenvalue weighted by Crippen LogP contribution is 2.35. The summed E-state index contributed by atoms with van der Waals surface area (Å²) in [7, 11) is 1.60. The summed E-state index contributed by atoms with van der Waals surface area (Å²) in [5, 5.41) is 15.5. The number of thiophene rings is 1. The normalized spacial score (nSPS) is 11.0. The number of thiazole rings is 1. The Morgan fingerprint density at radius 2 is 1.82 bits per heavy atom. The number of aromatic nitrogens is 1. The molecule has 0 atom stereocenters.